The summed E-state index contributed by atoms with van der Waals surface area (Å²) in [5, 5.41) is 18.2. The molecule has 0 saturated heterocycles. The Morgan fingerprint density at radius 1 is 0.838 bits per heavy atom. The number of para-hydroxylation sites is 1. The van der Waals surface area contributed by atoms with E-state index in [1.807, 2.05) is 109 Å². The number of amides is 1. The molecular weight excluding hydrogens is 482 g/mol. The van der Waals surface area contributed by atoms with Crippen molar-refractivity contribution < 1.29 is 9.53 Å². The molecule has 0 aliphatic heterocycles. The van der Waals surface area contributed by atoms with Crippen LogP contribution in [-0.2, 0) is 4.79 Å². The van der Waals surface area contributed by atoms with Gasteiger partial charge in [-0.15, -0.1) is 21.5 Å². The van der Waals surface area contributed by atoms with Gasteiger partial charge in [0, 0.05) is 16.8 Å². The van der Waals surface area contributed by atoms with Crippen LogP contribution in [0.1, 0.15) is 0 Å². The summed E-state index contributed by atoms with van der Waals surface area (Å²) in [6, 6.07) is 33.0. The van der Waals surface area contributed by atoms with E-state index in [2.05, 4.69) is 15.5 Å². The van der Waals surface area contributed by atoms with Crippen molar-refractivity contribution in [2.24, 2.45) is 0 Å². The Labute approximate surface area is 217 Å². The van der Waals surface area contributed by atoms with Crippen molar-refractivity contribution in [3.8, 4) is 38.8 Å². The molecule has 0 saturated carbocycles. The van der Waals surface area contributed by atoms with E-state index in [0.717, 1.165) is 27.3 Å². The highest BCUT2D eigenvalue weighted by atomic mass is 32.1. The Kier molecular flexibility index (Phi) is 6.14. The second-order valence-electron chi connectivity index (χ2n) is 8.27. The van der Waals surface area contributed by atoms with Crippen molar-refractivity contribution in [3.63, 3.8) is 0 Å². The topological polar surface area (TPSA) is 81.4 Å². The summed E-state index contributed by atoms with van der Waals surface area (Å²) in [4.78, 5) is 13.7. The lowest BCUT2D eigenvalue weighted by atomic mass is 10.1. The van der Waals surface area contributed by atoms with Gasteiger partial charge in [-0.2, -0.15) is 9.61 Å². The van der Waals surface area contributed by atoms with Crippen LogP contribution >= 0.6 is 11.3 Å². The number of hydrogen-bond donors (Lipinski definition) is 1. The van der Waals surface area contributed by atoms with Crippen LogP contribution in [-0.4, -0.2) is 32.3 Å². The molecule has 1 amide bonds. The van der Waals surface area contributed by atoms with E-state index in [4.69, 9.17) is 9.84 Å². The van der Waals surface area contributed by atoms with Gasteiger partial charge < -0.3 is 10.1 Å². The molecule has 0 aliphatic rings. The Morgan fingerprint density at radius 3 is 2.54 bits per heavy atom. The number of carbonyl (C=O) groups excluding carboxylic acids is 1. The van der Waals surface area contributed by atoms with E-state index in [0.29, 0.717) is 22.9 Å². The SMILES string of the molecule is O=C(COc1ccccc1-c1ccccc1)Nc1cccc(-c2ccc3nnc(-c4cccs4)n3n2)c1. The average Bonchev–Trinajstić information content (AvgIpc) is 3.62. The van der Waals surface area contributed by atoms with Gasteiger partial charge in [0.2, 0.25) is 0 Å². The van der Waals surface area contributed by atoms with E-state index in [1.165, 1.54) is 0 Å². The van der Waals surface area contributed by atoms with Gasteiger partial charge in [0.05, 0.1) is 10.6 Å². The molecule has 0 radical (unpaired) electrons. The zero-order chi connectivity index (χ0) is 25.0. The number of hydrogen-bond acceptors (Lipinski definition) is 6. The minimum Gasteiger partial charge on any atom is -0.483 e. The number of thiophene rings is 1. The number of anilines is 1. The van der Waals surface area contributed by atoms with Crippen molar-refractivity contribution in [1.29, 1.82) is 0 Å². The van der Waals surface area contributed by atoms with Crippen LogP contribution in [0.5, 0.6) is 5.75 Å². The molecule has 3 aromatic heterocycles. The Balaban J connectivity index is 1.18. The molecule has 7 nitrogen and oxygen atoms in total. The molecule has 8 heteroatoms. The molecule has 3 heterocycles. The van der Waals surface area contributed by atoms with Crippen molar-refractivity contribution >= 4 is 28.6 Å². The number of nitrogens with zero attached hydrogens (tertiary/aromatic N) is 4. The zero-order valence-corrected chi connectivity index (χ0v) is 20.4. The standard InChI is InChI=1S/C29H21N5O2S/c35-28(19-36-25-13-5-4-12-23(25)20-8-2-1-3-9-20)30-22-11-6-10-21(18-22)24-15-16-27-31-32-29(34(27)33-24)26-14-7-17-37-26/h1-18H,19H2,(H,30,35). The molecule has 6 rings (SSSR count). The highest BCUT2D eigenvalue weighted by Gasteiger charge is 2.13. The molecule has 180 valence electrons. The number of fused-ring (bicyclic) bond motifs is 1. The van der Waals surface area contributed by atoms with Crippen molar-refractivity contribution in [1.82, 2.24) is 19.8 Å². The first-order valence-corrected chi connectivity index (χ1v) is 12.6. The number of aromatic nitrogens is 4. The fraction of sp³-hybridized carbons (Fsp3) is 0.0345. The fourth-order valence-electron chi connectivity index (χ4n) is 4.05. The summed E-state index contributed by atoms with van der Waals surface area (Å²) in [5.74, 6) is 1.11. The molecule has 37 heavy (non-hydrogen) atoms. The fourth-order valence-corrected chi connectivity index (χ4v) is 4.74. The van der Waals surface area contributed by atoms with Gasteiger partial charge in [-0.25, -0.2) is 0 Å². The molecule has 0 unspecified atom stereocenters. The molecule has 0 bridgehead atoms. The molecule has 1 N–H and O–H groups in total. The Morgan fingerprint density at radius 2 is 1.68 bits per heavy atom. The first-order valence-electron chi connectivity index (χ1n) is 11.7. The van der Waals surface area contributed by atoms with Crippen LogP contribution in [0.3, 0.4) is 0 Å². The first kappa shape index (κ1) is 22.6. The zero-order valence-electron chi connectivity index (χ0n) is 19.6. The Bertz CT molecular complexity index is 1680. The highest BCUT2D eigenvalue weighted by Crippen LogP contribution is 2.30. The number of ether oxygens (including phenoxy) is 1. The summed E-state index contributed by atoms with van der Waals surface area (Å²) in [7, 11) is 0. The van der Waals surface area contributed by atoms with Gasteiger partial charge >= 0.3 is 0 Å². The summed E-state index contributed by atoms with van der Waals surface area (Å²) >= 11 is 1.59. The molecular formula is C29H21N5O2S. The van der Waals surface area contributed by atoms with Crippen LogP contribution < -0.4 is 10.1 Å². The maximum absolute atomic E-state index is 12.7. The summed E-state index contributed by atoms with van der Waals surface area (Å²) in [6.45, 7) is -0.108. The monoisotopic (exact) mass is 503 g/mol. The lowest BCUT2D eigenvalue weighted by Gasteiger charge is -2.12. The molecule has 0 spiro atoms. The number of carbonyl (C=O) groups is 1. The van der Waals surface area contributed by atoms with Crippen molar-refractivity contribution in [3.05, 3.63) is 109 Å². The van der Waals surface area contributed by atoms with E-state index < -0.39 is 0 Å². The lowest BCUT2D eigenvalue weighted by Crippen LogP contribution is -2.20. The highest BCUT2D eigenvalue weighted by molar-refractivity contribution is 7.13. The third-order valence-electron chi connectivity index (χ3n) is 5.78. The van der Waals surface area contributed by atoms with Gasteiger partial charge in [0.15, 0.2) is 18.1 Å². The van der Waals surface area contributed by atoms with E-state index >= 15 is 0 Å². The summed E-state index contributed by atoms with van der Waals surface area (Å²) in [5.41, 5.74) is 4.91. The number of nitrogens with one attached hydrogen (secondary N) is 1. The third-order valence-corrected chi connectivity index (χ3v) is 6.64. The average molecular weight is 504 g/mol. The van der Waals surface area contributed by atoms with Gasteiger partial charge in [-0.3, -0.25) is 4.79 Å². The van der Waals surface area contributed by atoms with Crippen LogP contribution in [0, 0.1) is 0 Å². The van der Waals surface area contributed by atoms with Gasteiger partial charge in [-0.05, 0) is 47.3 Å². The van der Waals surface area contributed by atoms with Crippen LogP contribution in [0.15, 0.2) is 109 Å². The molecule has 3 aromatic carbocycles. The first-order chi connectivity index (χ1) is 18.2. The van der Waals surface area contributed by atoms with Gasteiger partial charge in [-0.1, -0.05) is 66.7 Å². The largest absolute Gasteiger partial charge is 0.483 e. The predicted molar refractivity (Wildman–Crippen MR) is 146 cm³/mol. The van der Waals surface area contributed by atoms with Gasteiger partial charge in [0.1, 0.15) is 5.75 Å². The predicted octanol–water partition coefficient (Wildman–Crippen LogP) is 6.20. The van der Waals surface area contributed by atoms with Crippen LogP contribution in [0.2, 0.25) is 0 Å². The Hall–Kier alpha value is -4.82. The quantitative estimate of drug-likeness (QED) is 0.280. The van der Waals surface area contributed by atoms with E-state index in [1.54, 1.807) is 15.9 Å². The number of rotatable bonds is 7. The lowest BCUT2D eigenvalue weighted by molar-refractivity contribution is -0.118. The second kappa shape index (κ2) is 10.0. The maximum Gasteiger partial charge on any atom is 0.262 e. The smallest absolute Gasteiger partial charge is 0.262 e. The summed E-state index contributed by atoms with van der Waals surface area (Å²) in [6.07, 6.45) is 0. The van der Waals surface area contributed by atoms with E-state index in [9.17, 15) is 4.79 Å². The van der Waals surface area contributed by atoms with Crippen LogP contribution in [0.25, 0.3) is 38.7 Å². The second-order valence-corrected chi connectivity index (χ2v) is 9.22. The molecule has 0 aliphatic carbocycles. The van der Waals surface area contributed by atoms with Crippen molar-refractivity contribution in [2.45, 2.75) is 0 Å². The minimum absolute atomic E-state index is 0.108. The van der Waals surface area contributed by atoms with Gasteiger partial charge in [0.25, 0.3) is 5.91 Å². The molecule has 0 atom stereocenters. The minimum atomic E-state index is -0.248. The maximum atomic E-state index is 12.7. The van der Waals surface area contributed by atoms with Crippen molar-refractivity contribution in [2.75, 3.05) is 11.9 Å². The third kappa shape index (κ3) is 4.82. The molecule has 0 fully saturated rings. The summed E-state index contributed by atoms with van der Waals surface area (Å²) < 4.78 is 7.63. The van der Waals surface area contributed by atoms with E-state index in [-0.39, 0.29) is 12.5 Å². The molecule has 6 aromatic rings. The number of benzene rings is 3. The van der Waals surface area contributed by atoms with Crippen LogP contribution in [0.4, 0.5) is 5.69 Å². The normalized spacial score (nSPS) is 10.9.